The number of carbonyl (C=O) groups excluding carboxylic acids is 3. The van der Waals surface area contributed by atoms with Crippen molar-refractivity contribution in [2.24, 2.45) is 18.9 Å². The molecule has 3 fully saturated rings. The van der Waals surface area contributed by atoms with Gasteiger partial charge in [-0.3, -0.25) is 14.4 Å². The number of piperazine rings is 1. The van der Waals surface area contributed by atoms with Gasteiger partial charge < -0.3 is 39.6 Å². The highest BCUT2D eigenvalue weighted by molar-refractivity contribution is 6.34. The number of carboxylic acid groups (broad SMARTS) is 1. The van der Waals surface area contributed by atoms with Crippen LogP contribution in [0.2, 0.25) is 5.02 Å². The van der Waals surface area contributed by atoms with Crippen molar-refractivity contribution in [3.8, 4) is 17.1 Å². The Morgan fingerprint density at radius 3 is 2.39 bits per heavy atom. The number of fused-ring (bicyclic) bond motifs is 1. The van der Waals surface area contributed by atoms with Crippen LogP contribution in [0, 0.1) is 11.8 Å². The number of piperidine rings is 1. The van der Waals surface area contributed by atoms with Gasteiger partial charge in [-0.1, -0.05) is 11.6 Å². The summed E-state index contributed by atoms with van der Waals surface area (Å²) in [5, 5.41) is 20.1. The number of halogens is 4. The van der Waals surface area contributed by atoms with Gasteiger partial charge in [0.05, 0.1) is 53.2 Å². The van der Waals surface area contributed by atoms with Crippen molar-refractivity contribution < 1.29 is 41.9 Å². The van der Waals surface area contributed by atoms with Crippen molar-refractivity contribution in [3.05, 3.63) is 77.2 Å². The second-order valence-corrected chi connectivity index (χ2v) is 16.0. The highest BCUT2D eigenvalue weighted by Crippen LogP contribution is 2.37. The number of amides is 3. The summed E-state index contributed by atoms with van der Waals surface area (Å²) in [6.07, 6.45) is 1.98. The van der Waals surface area contributed by atoms with Crippen molar-refractivity contribution in [2.75, 3.05) is 70.8 Å². The highest BCUT2D eigenvalue weighted by atomic mass is 35.5. The third kappa shape index (κ3) is 8.13. The summed E-state index contributed by atoms with van der Waals surface area (Å²) in [6, 6.07) is 7.74. The average Bonchev–Trinajstić information content (AvgIpc) is 3.94. The van der Waals surface area contributed by atoms with Gasteiger partial charge in [-0.25, -0.2) is 19.4 Å². The van der Waals surface area contributed by atoms with E-state index in [0.717, 1.165) is 35.9 Å². The first kappa shape index (κ1) is 40.0. The lowest BCUT2D eigenvalue weighted by Gasteiger charge is -2.46. The molecular formula is C39H42ClF3N11O5+. The lowest BCUT2D eigenvalue weighted by molar-refractivity contribution is -0.929. The number of hydrogen-bond donors (Lipinski definition) is 4. The predicted molar refractivity (Wildman–Crippen MR) is 209 cm³/mol. The molecule has 4 aromatic heterocycles. The molecule has 0 aliphatic carbocycles. The number of H-pyrrole nitrogens is 1. The molecular weight excluding hydrogens is 795 g/mol. The maximum absolute atomic E-state index is 14.2. The predicted octanol–water partition coefficient (Wildman–Crippen LogP) is 3.89. The highest BCUT2D eigenvalue weighted by Gasteiger charge is 2.42. The minimum Gasteiger partial charge on any atom is -0.477 e. The summed E-state index contributed by atoms with van der Waals surface area (Å²) in [5.74, 6) is -1.61. The van der Waals surface area contributed by atoms with Gasteiger partial charge in [-0.05, 0) is 24.3 Å². The zero-order valence-corrected chi connectivity index (χ0v) is 32.8. The molecule has 3 aliphatic heterocycles. The van der Waals surface area contributed by atoms with Gasteiger partial charge in [-0.15, -0.1) is 0 Å². The van der Waals surface area contributed by atoms with E-state index in [4.69, 9.17) is 11.6 Å². The largest absolute Gasteiger partial charge is 0.477 e. The Kier molecular flexibility index (Phi) is 10.7. The van der Waals surface area contributed by atoms with Gasteiger partial charge in [0.15, 0.2) is 23.9 Å². The number of pyridine rings is 1. The number of nitrogens with one attached hydrogen (secondary N) is 3. The van der Waals surface area contributed by atoms with Gasteiger partial charge in [-0.2, -0.15) is 18.3 Å². The van der Waals surface area contributed by atoms with Crippen LogP contribution >= 0.6 is 11.6 Å². The maximum Gasteiger partial charge on any atom is 0.435 e. The van der Waals surface area contributed by atoms with Crippen LogP contribution in [0.15, 0.2) is 55.1 Å². The molecule has 0 saturated carbocycles. The zero-order valence-electron chi connectivity index (χ0n) is 32.0. The second kappa shape index (κ2) is 15.8. The molecule has 3 aliphatic rings. The van der Waals surface area contributed by atoms with Gasteiger partial charge in [0.1, 0.15) is 0 Å². The number of aromatic amines is 1. The smallest absolute Gasteiger partial charge is 0.435 e. The van der Waals surface area contributed by atoms with E-state index in [9.17, 15) is 37.5 Å². The summed E-state index contributed by atoms with van der Waals surface area (Å²) < 4.78 is 45.4. The molecule has 20 heteroatoms. The van der Waals surface area contributed by atoms with E-state index in [1.165, 1.54) is 42.2 Å². The first-order chi connectivity index (χ1) is 28.2. The van der Waals surface area contributed by atoms with Crippen LogP contribution in [0.25, 0.3) is 28.0 Å². The van der Waals surface area contributed by atoms with Crippen LogP contribution in [0.4, 0.5) is 18.9 Å². The molecule has 3 saturated heterocycles. The van der Waals surface area contributed by atoms with Gasteiger partial charge >= 0.3 is 12.1 Å². The molecule has 5 aromatic rings. The fourth-order valence-corrected chi connectivity index (χ4v) is 8.67. The maximum atomic E-state index is 14.2. The third-order valence-corrected chi connectivity index (χ3v) is 12.0. The Morgan fingerprint density at radius 2 is 1.73 bits per heavy atom. The van der Waals surface area contributed by atoms with E-state index in [2.05, 4.69) is 30.7 Å². The molecule has 4 N–H and O–H groups in total. The van der Waals surface area contributed by atoms with Crippen LogP contribution in [0.5, 0.6) is 0 Å². The number of likely N-dealkylation sites (tertiary alicyclic amines) is 1. The van der Waals surface area contributed by atoms with Crippen molar-refractivity contribution in [3.63, 3.8) is 0 Å². The molecule has 0 spiro atoms. The number of aromatic nitrogens is 6. The number of imidazole rings is 1. The van der Waals surface area contributed by atoms with Crippen LogP contribution in [-0.2, 0) is 22.8 Å². The molecule has 59 heavy (non-hydrogen) atoms. The Labute approximate surface area is 340 Å². The first-order valence-electron chi connectivity index (χ1n) is 19.3. The Bertz CT molecular complexity index is 2430. The van der Waals surface area contributed by atoms with E-state index in [1.54, 1.807) is 28.1 Å². The van der Waals surface area contributed by atoms with E-state index in [-0.39, 0.29) is 63.5 Å². The molecule has 7 heterocycles. The molecule has 16 nitrogen and oxygen atoms in total. The molecule has 0 bridgehead atoms. The van der Waals surface area contributed by atoms with Crippen molar-refractivity contribution in [2.45, 2.75) is 19.0 Å². The number of rotatable bonds is 10. The fraction of sp³-hybridized carbons (Fsp3) is 0.410. The van der Waals surface area contributed by atoms with Gasteiger partial charge in [0.25, 0.3) is 11.8 Å². The zero-order chi connectivity index (χ0) is 41.6. The lowest BCUT2D eigenvalue weighted by atomic mass is 9.90. The topological polar surface area (TPSA) is 183 Å². The van der Waals surface area contributed by atoms with E-state index in [1.807, 2.05) is 0 Å². The number of hydrogen-bond acceptors (Lipinski definition) is 8. The molecule has 8 rings (SSSR count). The molecule has 0 atom stereocenters. The van der Waals surface area contributed by atoms with Crippen LogP contribution < -0.4 is 10.6 Å². The first-order valence-corrected chi connectivity index (χ1v) is 19.6. The monoisotopic (exact) mass is 836 g/mol. The number of nitrogens with zero attached hydrogens (tertiary/aromatic N) is 8. The molecule has 0 radical (unpaired) electrons. The SMILES string of the molecule is Cn1c(-c2cn(-c3cc4[nH]ccc4cn3)nc2C(F)(F)F)cnc1C(=O)Nc1ccc(C(=O)N2CCN(C(=O)C3CC[N+](CC(=O)O)(CC4CNC4)CC3)CC2)c(Cl)c1. The number of anilines is 1. The molecule has 310 valence electrons. The third-order valence-electron chi connectivity index (χ3n) is 11.7. The fourth-order valence-electron chi connectivity index (χ4n) is 8.41. The van der Waals surface area contributed by atoms with E-state index < -0.39 is 23.7 Å². The summed E-state index contributed by atoms with van der Waals surface area (Å²) in [4.78, 5) is 66.9. The standard InChI is InChI=1S/C39H41ClF3N11O5/c1-50-31(28-20-53(49-34(28)39(41,42)43)32-15-30-25(18-46-32)4-7-45-30)19-47-35(50)36(57)48-26-2-3-27(29(40)14-26)38(59)52-10-8-51(9-11-52)37(58)24-5-12-54(13-6-24,22-33(55)56)21-23-16-44-17-23/h2-4,7,14-15,18-20,23-24,44H,5-6,8-13,16-17,21-22H2,1H3,(H2-,45,46,48,55,56,57,59)/p+1. The summed E-state index contributed by atoms with van der Waals surface area (Å²) in [7, 11) is 1.41. The number of aliphatic carboxylic acids is 1. The summed E-state index contributed by atoms with van der Waals surface area (Å²) >= 11 is 6.56. The molecule has 0 unspecified atom stereocenters. The lowest BCUT2D eigenvalue weighted by Crippen LogP contribution is -2.62. The number of benzene rings is 1. The molecule has 1 aromatic carbocycles. The number of alkyl halides is 3. The van der Waals surface area contributed by atoms with E-state index >= 15 is 0 Å². The van der Waals surface area contributed by atoms with Crippen molar-refractivity contribution in [1.29, 1.82) is 0 Å². The normalized spacial score (nSPS) is 20.1. The Morgan fingerprint density at radius 1 is 1.00 bits per heavy atom. The number of carboxylic acids is 1. The van der Waals surface area contributed by atoms with Gasteiger partial charge in [0.2, 0.25) is 5.91 Å². The average molecular weight is 837 g/mol. The Balaban J connectivity index is 0.883. The molecule has 3 amide bonds. The minimum absolute atomic E-state index is 0.0108. The van der Waals surface area contributed by atoms with Crippen LogP contribution in [0.1, 0.15) is 39.5 Å². The van der Waals surface area contributed by atoms with E-state index in [0.29, 0.717) is 68.0 Å². The summed E-state index contributed by atoms with van der Waals surface area (Å²) in [6.45, 7) is 5.26. The quantitative estimate of drug-likeness (QED) is 0.152. The minimum atomic E-state index is -4.83. The van der Waals surface area contributed by atoms with Gasteiger partial charge in [0, 0.05) is 107 Å². The van der Waals surface area contributed by atoms with Crippen LogP contribution in [-0.4, -0.2) is 138 Å². The Hall–Kier alpha value is -5.79. The van der Waals surface area contributed by atoms with Crippen molar-refractivity contribution >= 4 is 51.9 Å². The van der Waals surface area contributed by atoms with Crippen LogP contribution in [0.3, 0.4) is 0 Å². The number of quaternary nitrogens is 1. The summed E-state index contributed by atoms with van der Waals surface area (Å²) in [5.41, 5.74) is -0.395. The number of carbonyl (C=O) groups is 4. The second-order valence-electron chi connectivity index (χ2n) is 15.6. The van der Waals surface area contributed by atoms with Crippen molar-refractivity contribution in [1.82, 2.24) is 44.4 Å².